The van der Waals surface area contributed by atoms with Crippen molar-refractivity contribution in [3.63, 3.8) is 0 Å². The van der Waals surface area contributed by atoms with Crippen LogP contribution in [0.1, 0.15) is 38.9 Å². The number of hydrogen-bond acceptors (Lipinski definition) is 3. The number of aliphatic hydroxyl groups is 1. The third-order valence-electron chi connectivity index (χ3n) is 4.01. The lowest BCUT2D eigenvalue weighted by Crippen LogP contribution is -2.24. The number of aliphatic hydroxyl groups excluding tert-OH is 1. The Hall–Kier alpha value is -1.39. The van der Waals surface area contributed by atoms with Crippen molar-refractivity contribution in [1.29, 1.82) is 0 Å². The smallest absolute Gasteiger partial charge is 0.123 e. The molecular formula is C17H27N3O. The SMILES string of the molecule is CCCn1c(CNCC(CC)CCO)nc2ccccc21. The molecule has 1 atom stereocenters. The van der Waals surface area contributed by atoms with Crippen molar-refractivity contribution in [2.45, 2.75) is 46.2 Å². The van der Waals surface area contributed by atoms with Crippen LogP contribution in [-0.2, 0) is 13.1 Å². The fourth-order valence-electron chi connectivity index (χ4n) is 2.75. The summed E-state index contributed by atoms with van der Waals surface area (Å²) in [5, 5.41) is 12.6. The molecule has 2 rings (SSSR count). The minimum atomic E-state index is 0.272. The van der Waals surface area contributed by atoms with Gasteiger partial charge < -0.3 is 15.0 Å². The highest BCUT2D eigenvalue weighted by Gasteiger charge is 2.10. The summed E-state index contributed by atoms with van der Waals surface area (Å²) in [5.74, 6) is 1.65. The van der Waals surface area contributed by atoms with Crippen LogP contribution in [0.25, 0.3) is 11.0 Å². The van der Waals surface area contributed by atoms with Crippen LogP contribution in [0.2, 0.25) is 0 Å². The number of hydrogen-bond donors (Lipinski definition) is 2. The molecule has 1 heterocycles. The molecule has 1 unspecified atom stereocenters. The van der Waals surface area contributed by atoms with Crippen LogP contribution in [0.15, 0.2) is 24.3 Å². The molecule has 0 bridgehead atoms. The average molecular weight is 289 g/mol. The van der Waals surface area contributed by atoms with E-state index in [1.807, 2.05) is 6.07 Å². The molecule has 0 aliphatic heterocycles. The molecule has 2 N–H and O–H groups in total. The van der Waals surface area contributed by atoms with Gasteiger partial charge in [-0.05, 0) is 37.4 Å². The standard InChI is InChI=1S/C17H27N3O/c1-3-10-20-16-8-6-5-7-15(16)19-17(20)13-18-12-14(4-2)9-11-21/h5-8,14,18,21H,3-4,9-13H2,1-2H3. The van der Waals surface area contributed by atoms with Crippen LogP contribution in [-0.4, -0.2) is 27.8 Å². The van der Waals surface area contributed by atoms with Crippen molar-refractivity contribution in [3.8, 4) is 0 Å². The Bertz CT molecular complexity index is 550. The molecule has 21 heavy (non-hydrogen) atoms. The second-order valence-electron chi connectivity index (χ2n) is 5.59. The van der Waals surface area contributed by atoms with Gasteiger partial charge in [0.15, 0.2) is 0 Å². The molecule has 116 valence electrons. The van der Waals surface area contributed by atoms with Crippen LogP contribution < -0.4 is 5.32 Å². The quantitative estimate of drug-likeness (QED) is 0.746. The summed E-state index contributed by atoms with van der Waals surface area (Å²) in [7, 11) is 0. The van der Waals surface area contributed by atoms with Crippen LogP contribution in [0, 0.1) is 5.92 Å². The molecule has 4 nitrogen and oxygen atoms in total. The van der Waals surface area contributed by atoms with Crippen molar-refractivity contribution in [1.82, 2.24) is 14.9 Å². The molecule has 0 saturated carbocycles. The minimum Gasteiger partial charge on any atom is -0.396 e. The normalized spacial score (nSPS) is 12.9. The summed E-state index contributed by atoms with van der Waals surface area (Å²) in [6.45, 7) is 7.37. The first-order chi connectivity index (χ1) is 10.3. The lowest BCUT2D eigenvalue weighted by Gasteiger charge is -2.14. The number of aryl methyl sites for hydroxylation is 1. The van der Waals surface area contributed by atoms with E-state index in [-0.39, 0.29) is 6.61 Å². The number of imidazole rings is 1. The third-order valence-corrected chi connectivity index (χ3v) is 4.01. The van der Waals surface area contributed by atoms with Gasteiger partial charge in [0.2, 0.25) is 0 Å². The minimum absolute atomic E-state index is 0.272. The predicted octanol–water partition coefficient (Wildman–Crippen LogP) is 2.94. The molecule has 1 aromatic heterocycles. The second kappa shape index (κ2) is 8.15. The molecule has 2 aromatic rings. The number of nitrogens with zero attached hydrogens (tertiary/aromatic N) is 2. The highest BCUT2D eigenvalue weighted by molar-refractivity contribution is 5.75. The monoisotopic (exact) mass is 289 g/mol. The molecule has 1 aromatic carbocycles. The van der Waals surface area contributed by atoms with E-state index >= 15 is 0 Å². The van der Waals surface area contributed by atoms with Crippen molar-refractivity contribution in [2.75, 3.05) is 13.2 Å². The van der Waals surface area contributed by atoms with Gasteiger partial charge in [-0.2, -0.15) is 0 Å². The van der Waals surface area contributed by atoms with Crippen molar-refractivity contribution >= 4 is 11.0 Å². The van der Waals surface area contributed by atoms with Gasteiger partial charge >= 0.3 is 0 Å². The van der Waals surface area contributed by atoms with Crippen molar-refractivity contribution < 1.29 is 5.11 Å². The van der Waals surface area contributed by atoms with E-state index in [4.69, 9.17) is 10.1 Å². The van der Waals surface area contributed by atoms with E-state index in [1.165, 1.54) is 5.52 Å². The van der Waals surface area contributed by atoms with E-state index in [0.717, 1.165) is 50.2 Å². The number of nitrogens with one attached hydrogen (secondary N) is 1. The van der Waals surface area contributed by atoms with E-state index in [2.05, 4.69) is 41.9 Å². The Kier molecular flexibility index (Phi) is 6.21. The number of aromatic nitrogens is 2. The summed E-state index contributed by atoms with van der Waals surface area (Å²) in [5.41, 5.74) is 2.30. The molecule has 0 radical (unpaired) electrons. The van der Waals surface area contributed by atoms with Crippen LogP contribution in [0.5, 0.6) is 0 Å². The Morgan fingerprint density at radius 2 is 2.10 bits per heavy atom. The van der Waals surface area contributed by atoms with Gasteiger partial charge in [0.1, 0.15) is 5.82 Å². The zero-order valence-electron chi connectivity index (χ0n) is 13.2. The van der Waals surface area contributed by atoms with E-state index in [0.29, 0.717) is 5.92 Å². The zero-order chi connectivity index (χ0) is 15.1. The molecular weight excluding hydrogens is 262 g/mol. The largest absolute Gasteiger partial charge is 0.396 e. The molecule has 0 amide bonds. The van der Waals surface area contributed by atoms with E-state index in [9.17, 15) is 0 Å². The lowest BCUT2D eigenvalue weighted by atomic mass is 10.0. The van der Waals surface area contributed by atoms with Crippen LogP contribution >= 0.6 is 0 Å². The van der Waals surface area contributed by atoms with Gasteiger partial charge in [-0.25, -0.2) is 4.98 Å². The highest BCUT2D eigenvalue weighted by atomic mass is 16.3. The Morgan fingerprint density at radius 1 is 1.29 bits per heavy atom. The first-order valence-electron chi connectivity index (χ1n) is 8.05. The maximum Gasteiger partial charge on any atom is 0.123 e. The molecule has 0 aliphatic rings. The number of rotatable bonds is 9. The third kappa shape index (κ3) is 4.05. The van der Waals surface area contributed by atoms with Gasteiger partial charge in [0, 0.05) is 13.2 Å². The number of fused-ring (bicyclic) bond motifs is 1. The maximum absolute atomic E-state index is 9.05. The van der Waals surface area contributed by atoms with Crippen molar-refractivity contribution in [3.05, 3.63) is 30.1 Å². The molecule has 0 saturated heterocycles. The van der Waals surface area contributed by atoms with Crippen LogP contribution in [0.4, 0.5) is 0 Å². The van der Waals surface area contributed by atoms with E-state index in [1.54, 1.807) is 0 Å². The summed E-state index contributed by atoms with van der Waals surface area (Å²) in [6, 6.07) is 8.33. The lowest BCUT2D eigenvalue weighted by molar-refractivity contribution is 0.251. The average Bonchev–Trinajstić information content (AvgIpc) is 2.85. The number of para-hydroxylation sites is 2. The molecule has 0 spiro atoms. The second-order valence-corrected chi connectivity index (χ2v) is 5.59. The zero-order valence-corrected chi connectivity index (χ0v) is 13.2. The van der Waals surface area contributed by atoms with Gasteiger partial charge in [-0.15, -0.1) is 0 Å². The van der Waals surface area contributed by atoms with Gasteiger partial charge in [-0.3, -0.25) is 0 Å². The fraction of sp³-hybridized carbons (Fsp3) is 0.588. The summed E-state index contributed by atoms with van der Waals surface area (Å²) in [6.07, 6.45) is 3.07. The van der Waals surface area contributed by atoms with Crippen molar-refractivity contribution in [2.24, 2.45) is 5.92 Å². The Morgan fingerprint density at radius 3 is 2.81 bits per heavy atom. The summed E-state index contributed by atoms with van der Waals surface area (Å²) in [4.78, 5) is 4.75. The molecule has 0 fully saturated rings. The predicted molar refractivity (Wildman–Crippen MR) is 87.2 cm³/mol. The van der Waals surface area contributed by atoms with Crippen LogP contribution in [0.3, 0.4) is 0 Å². The Labute approximate surface area is 127 Å². The first-order valence-corrected chi connectivity index (χ1v) is 8.05. The summed E-state index contributed by atoms with van der Waals surface area (Å²) >= 11 is 0. The number of benzene rings is 1. The summed E-state index contributed by atoms with van der Waals surface area (Å²) < 4.78 is 2.31. The molecule has 4 heteroatoms. The first kappa shape index (κ1) is 16.0. The highest BCUT2D eigenvalue weighted by Crippen LogP contribution is 2.16. The van der Waals surface area contributed by atoms with Gasteiger partial charge in [0.05, 0.1) is 17.6 Å². The maximum atomic E-state index is 9.05. The Balaban J connectivity index is 2.05. The van der Waals surface area contributed by atoms with E-state index < -0.39 is 0 Å². The van der Waals surface area contributed by atoms with Gasteiger partial charge in [-0.1, -0.05) is 32.4 Å². The fourth-order valence-corrected chi connectivity index (χ4v) is 2.75. The topological polar surface area (TPSA) is 50.1 Å². The van der Waals surface area contributed by atoms with Gasteiger partial charge in [0.25, 0.3) is 0 Å². The molecule has 0 aliphatic carbocycles.